The van der Waals surface area contributed by atoms with Crippen LogP contribution in [0.2, 0.25) is 0 Å². The first-order valence-corrected chi connectivity index (χ1v) is 10.4. The molecule has 0 bridgehead atoms. The molecule has 1 aliphatic heterocycles. The van der Waals surface area contributed by atoms with Crippen LogP contribution >= 0.6 is 0 Å². The monoisotopic (exact) mass is 408 g/mol. The van der Waals surface area contributed by atoms with Crippen molar-refractivity contribution in [2.45, 2.75) is 19.0 Å². The number of carbonyl (C=O) groups excluding carboxylic acids is 1. The lowest BCUT2D eigenvalue weighted by atomic mass is 10.1. The van der Waals surface area contributed by atoms with Crippen molar-refractivity contribution in [2.75, 3.05) is 39.8 Å². The maximum Gasteiger partial charge on any atom is 0.419 e. The zero-order chi connectivity index (χ0) is 20.9. The number of carbonyl (C=O) groups is 1. The van der Waals surface area contributed by atoms with Crippen molar-refractivity contribution in [1.82, 2.24) is 19.7 Å². The number of amides is 1. The van der Waals surface area contributed by atoms with Crippen molar-refractivity contribution in [3.8, 4) is 0 Å². The number of nitrogens with one attached hydrogen (secondary N) is 1. The van der Waals surface area contributed by atoms with E-state index in [1.54, 1.807) is 6.07 Å². The molecule has 1 aliphatic rings. The highest BCUT2D eigenvalue weighted by Gasteiger charge is 2.21. The van der Waals surface area contributed by atoms with E-state index in [9.17, 15) is 9.59 Å². The van der Waals surface area contributed by atoms with Gasteiger partial charge in [0.2, 0.25) is 5.91 Å². The predicted octanol–water partition coefficient (Wildman–Crippen LogP) is 2.09. The van der Waals surface area contributed by atoms with E-state index in [1.807, 2.05) is 36.4 Å². The van der Waals surface area contributed by atoms with Crippen molar-refractivity contribution in [1.29, 1.82) is 0 Å². The number of likely N-dealkylation sites (N-methyl/N-ethyl adjacent to an activating group) is 1. The average molecular weight is 409 g/mol. The third-order valence-electron chi connectivity index (χ3n) is 5.71. The van der Waals surface area contributed by atoms with Gasteiger partial charge in [0.25, 0.3) is 0 Å². The van der Waals surface area contributed by atoms with E-state index in [-0.39, 0.29) is 24.9 Å². The second-order valence-corrected chi connectivity index (χ2v) is 7.87. The van der Waals surface area contributed by atoms with Gasteiger partial charge in [0.05, 0.1) is 11.6 Å². The van der Waals surface area contributed by atoms with Crippen LogP contribution in [0.3, 0.4) is 0 Å². The van der Waals surface area contributed by atoms with Gasteiger partial charge in [0.1, 0.15) is 0 Å². The van der Waals surface area contributed by atoms with Crippen molar-refractivity contribution >= 4 is 17.0 Å². The molecule has 3 aromatic rings. The fourth-order valence-electron chi connectivity index (χ4n) is 3.91. The van der Waals surface area contributed by atoms with Gasteiger partial charge < -0.3 is 14.6 Å². The summed E-state index contributed by atoms with van der Waals surface area (Å²) in [5.41, 5.74) is 2.35. The molecule has 2 heterocycles. The van der Waals surface area contributed by atoms with Crippen LogP contribution in [0.4, 0.5) is 0 Å². The molecule has 1 unspecified atom stereocenters. The maximum absolute atomic E-state index is 12.8. The molecule has 1 fully saturated rings. The minimum absolute atomic E-state index is 0.0739. The topological polar surface area (TPSA) is 70.7 Å². The van der Waals surface area contributed by atoms with E-state index in [4.69, 9.17) is 4.42 Å². The Morgan fingerprint density at radius 3 is 2.50 bits per heavy atom. The fraction of sp³-hybridized carbons (Fsp3) is 0.391. The van der Waals surface area contributed by atoms with Crippen LogP contribution in [0, 0.1) is 0 Å². The number of benzene rings is 2. The van der Waals surface area contributed by atoms with Crippen molar-refractivity contribution in [3.05, 3.63) is 70.7 Å². The van der Waals surface area contributed by atoms with Crippen LogP contribution in [-0.4, -0.2) is 60.0 Å². The summed E-state index contributed by atoms with van der Waals surface area (Å²) in [4.78, 5) is 29.6. The molecule has 0 spiro atoms. The fourth-order valence-corrected chi connectivity index (χ4v) is 3.91. The summed E-state index contributed by atoms with van der Waals surface area (Å²) < 4.78 is 6.78. The zero-order valence-corrected chi connectivity index (χ0v) is 17.3. The Kier molecular flexibility index (Phi) is 6.30. The number of hydrogen-bond acceptors (Lipinski definition) is 5. The highest BCUT2D eigenvalue weighted by atomic mass is 16.4. The number of nitrogens with zero attached hydrogens (tertiary/aromatic N) is 3. The number of fused-ring (bicyclic) bond motifs is 1. The molecule has 1 amide bonds. The van der Waals surface area contributed by atoms with Gasteiger partial charge in [-0.05, 0) is 24.7 Å². The van der Waals surface area contributed by atoms with E-state index in [0.29, 0.717) is 11.1 Å². The third kappa shape index (κ3) is 4.80. The van der Waals surface area contributed by atoms with Crippen LogP contribution in [0.15, 0.2) is 63.8 Å². The molecule has 1 aromatic heterocycles. The first-order chi connectivity index (χ1) is 14.6. The van der Waals surface area contributed by atoms with Crippen LogP contribution in [-0.2, 0) is 11.3 Å². The first kappa shape index (κ1) is 20.4. The number of hydrogen-bond donors (Lipinski definition) is 1. The summed E-state index contributed by atoms with van der Waals surface area (Å²) in [7, 11) is 2.13. The smallest absolute Gasteiger partial charge is 0.408 e. The average Bonchev–Trinajstić information content (AvgIpc) is 3.09. The molecule has 1 atom stereocenters. The summed E-state index contributed by atoms with van der Waals surface area (Å²) >= 11 is 0. The molecular formula is C23H28N4O3. The highest BCUT2D eigenvalue weighted by Crippen LogP contribution is 2.16. The van der Waals surface area contributed by atoms with Gasteiger partial charge in [0, 0.05) is 45.7 Å². The lowest BCUT2D eigenvalue weighted by Gasteiger charge is -2.35. The van der Waals surface area contributed by atoms with E-state index < -0.39 is 5.76 Å². The van der Waals surface area contributed by atoms with Crippen LogP contribution in [0.25, 0.3) is 11.1 Å². The van der Waals surface area contributed by atoms with E-state index in [0.717, 1.165) is 38.3 Å². The lowest BCUT2D eigenvalue weighted by molar-refractivity contribution is -0.122. The number of oxazole rings is 1. The Morgan fingerprint density at radius 1 is 1.03 bits per heavy atom. The van der Waals surface area contributed by atoms with Crippen LogP contribution in [0.5, 0.6) is 0 Å². The molecule has 7 nitrogen and oxygen atoms in total. The van der Waals surface area contributed by atoms with Gasteiger partial charge in [-0.1, -0.05) is 42.5 Å². The number of piperazine rings is 1. The molecule has 4 rings (SSSR count). The Morgan fingerprint density at radius 2 is 1.73 bits per heavy atom. The standard InChI is InChI=1S/C23H28N4O3/c1-25-13-15-26(16-14-25)17-19(18-7-3-2-4-8-18)24-22(28)11-12-27-20-9-5-6-10-21(20)30-23(27)29/h2-10,19H,11-17H2,1H3,(H,24,28). The predicted molar refractivity (Wildman–Crippen MR) is 116 cm³/mol. The number of aromatic nitrogens is 1. The molecule has 1 saturated heterocycles. The molecule has 2 aromatic carbocycles. The number of aryl methyl sites for hydroxylation is 1. The minimum Gasteiger partial charge on any atom is -0.408 e. The van der Waals surface area contributed by atoms with Gasteiger partial charge in [-0.15, -0.1) is 0 Å². The number of rotatable bonds is 7. The molecule has 0 aliphatic carbocycles. The lowest BCUT2D eigenvalue weighted by Crippen LogP contribution is -2.47. The summed E-state index contributed by atoms with van der Waals surface area (Å²) in [6.45, 7) is 5.12. The molecular weight excluding hydrogens is 380 g/mol. The zero-order valence-electron chi connectivity index (χ0n) is 17.3. The molecule has 7 heteroatoms. The van der Waals surface area contributed by atoms with Gasteiger partial charge in [0.15, 0.2) is 5.58 Å². The summed E-state index contributed by atoms with van der Waals surface area (Å²) in [5.74, 6) is -0.504. The van der Waals surface area contributed by atoms with Gasteiger partial charge in [-0.25, -0.2) is 4.79 Å². The highest BCUT2D eigenvalue weighted by molar-refractivity contribution is 5.77. The quantitative estimate of drug-likeness (QED) is 0.648. The van der Waals surface area contributed by atoms with Crippen LogP contribution < -0.4 is 11.1 Å². The minimum atomic E-state index is -0.430. The first-order valence-electron chi connectivity index (χ1n) is 10.4. The van der Waals surface area contributed by atoms with Gasteiger partial charge >= 0.3 is 5.76 Å². The summed E-state index contributed by atoms with van der Waals surface area (Å²) in [6, 6.07) is 17.3. The van der Waals surface area contributed by atoms with E-state index in [2.05, 4.69) is 34.3 Å². The Hall–Kier alpha value is -2.90. The SMILES string of the molecule is CN1CCN(CC(NC(=O)CCn2c(=O)oc3ccccc32)c2ccccc2)CC1. The molecule has 1 N–H and O–H groups in total. The summed E-state index contributed by atoms with van der Waals surface area (Å²) in [6.07, 6.45) is 0.218. The van der Waals surface area contributed by atoms with E-state index in [1.165, 1.54) is 4.57 Å². The van der Waals surface area contributed by atoms with E-state index >= 15 is 0 Å². The molecule has 30 heavy (non-hydrogen) atoms. The molecule has 0 radical (unpaired) electrons. The maximum atomic E-state index is 12.8. The normalized spacial score (nSPS) is 16.6. The Labute approximate surface area is 175 Å². The Bertz CT molecular complexity index is 1040. The Balaban J connectivity index is 1.42. The molecule has 158 valence electrons. The molecule has 0 saturated carbocycles. The summed E-state index contributed by atoms with van der Waals surface area (Å²) in [5, 5.41) is 3.18. The van der Waals surface area contributed by atoms with Crippen molar-refractivity contribution in [3.63, 3.8) is 0 Å². The van der Waals surface area contributed by atoms with Gasteiger partial charge in [-0.2, -0.15) is 0 Å². The van der Waals surface area contributed by atoms with Crippen molar-refractivity contribution in [2.24, 2.45) is 0 Å². The van der Waals surface area contributed by atoms with Gasteiger partial charge in [-0.3, -0.25) is 14.3 Å². The second-order valence-electron chi connectivity index (χ2n) is 7.87. The van der Waals surface area contributed by atoms with Crippen molar-refractivity contribution < 1.29 is 9.21 Å². The third-order valence-corrected chi connectivity index (χ3v) is 5.71. The van der Waals surface area contributed by atoms with Crippen LogP contribution in [0.1, 0.15) is 18.0 Å². The second kappa shape index (κ2) is 9.28. The largest absolute Gasteiger partial charge is 0.419 e. The number of para-hydroxylation sites is 2.